The van der Waals surface area contributed by atoms with Crippen LogP contribution in [0.4, 0.5) is 0 Å². The molecular formula is C14H24N2OS. The molecular weight excluding hydrogens is 244 g/mol. The second-order valence-electron chi connectivity index (χ2n) is 5.47. The second kappa shape index (κ2) is 6.64. The van der Waals surface area contributed by atoms with E-state index in [2.05, 4.69) is 19.2 Å². The molecule has 0 saturated heterocycles. The van der Waals surface area contributed by atoms with E-state index in [1.165, 1.54) is 28.4 Å². The summed E-state index contributed by atoms with van der Waals surface area (Å²) in [5.41, 5.74) is 1.30. The molecule has 1 saturated carbocycles. The van der Waals surface area contributed by atoms with Crippen molar-refractivity contribution in [2.24, 2.45) is 5.92 Å². The highest BCUT2D eigenvalue weighted by molar-refractivity contribution is 7.11. The fourth-order valence-electron chi connectivity index (χ4n) is 1.94. The molecule has 1 N–H and O–H groups in total. The van der Waals surface area contributed by atoms with Gasteiger partial charge in [0, 0.05) is 31.0 Å². The summed E-state index contributed by atoms with van der Waals surface area (Å²) in [7, 11) is 1.75. The van der Waals surface area contributed by atoms with Crippen molar-refractivity contribution in [1.29, 1.82) is 0 Å². The lowest BCUT2D eigenvalue weighted by Gasteiger charge is -2.05. The summed E-state index contributed by atoms with van der Waals surface area (Å²) in [5.74, 6) is 0.669. The largest absolute Gasteiger partial charge is 0.384 e. The van der Waals surface area contributed by atoms with Crippen LogP contribution >= 0.6 is 11.3 Å². The van der Waals surface area contributed by atoms with Gasteiger partial charge in [0.25, 0.3) is 0 Å². The molecule has 0 atom stereocenters. The Morgan fingerprint density at radius 3 is 2.83 bits per heavy atom. The summed E-state index contributed by atoms with van der Waals surface area (Å²) in [6, 6.07) is 0.765. The van der Waals surface area contributed by atoms with Crippen LogP contribution in [0.2, 0.25) is 0 Å². The first kappa shape index (κ1) is 14.0. The normalized spacial score (nSPS) is 15.6. The highest BCUT2D eigenvalue weighted by atomic mass is 32.1. The van der Waals surface area contributed by atoms with Crippen molar-refractivity contribution in [3.63, 3.8) is 0 Å². The van der Waals surface area contributed by atoms with Crippen LogP contribution in [0, 0.1) is 5.92 Å². The lowest BCUT2D eigenvalue weighted by molar-refractivity contribution is 0.202. The van der Waals surface area contributed by atoms with E-state index in [4.69, 9.17) is 9.72 Å². The van der Waals surface area contributed by atoms with Gasteiger partial charge in [0.1, 0.15) is 0 Å². The van der Waals surface area contributed by atoms with Crippen LogP contribution in [-0.2, 0) is 24.1 Å². The Balaban J connectivity index is 1.99. The van der Waals surface area contributed by atoms with Gasteiger partial charge in [-0.2, -0.15) is 0 Å². The summed E-state index contributed by atoms with van der Waals surface area (Å²) in [5, 5.41) is 4.82. The fraction of sp³-hybridized carbons (Fsp3) is 0.786. The standard InChI is InChI=1S/C14H24N2OS/c1-10(2)8-12-13(9-15-11-4-5-11)18-14(16-12)6-7-17-3/h10-11,15H,4-9H2,1-3H3. The van der Waals surface area contributed by atoms with Crippen molar-refractivity contribution in [3.05, 3.63) is 15.6 Å². The first-order valence-corrected chi connectivity index (χ1v) is 7.70. The van der Waals surface area contributed by atoms with Crippen molar-refractivity contribution in [3.8, 4) is 0 Å². The molecule has 1 fully saturated rings. The van der Waals surface area contributed by atoms with Crippen LogP contribution < -0.4 is 5.32 Å². The zero-order valence-electron chi connectivity index (χ0n) is 11.7. The van der Waals surface area contributed by atoms with Gasteiger partial charge in [-0.05, 0) is 25.2 Å². The van der Waals surface area contributed by atoms with E-state index in [-0.39, 0.29) is 0 Å². The minimum absolute atomic E-state index is 0.669. The SMILES string of the molecule is COCCc1nc(CC(C)C)c(CNC2CC2)s1. The summed E-state index contributed by atoms with van der Waals surface area (Å²) in [6.07, 6.45) is 4.71. The maximum Gasteiger partial charge on any atom is 0.0954 e. The van der Waals surface area contributed by atoms with Crippen molar-refractivity contribution < 1.29 is 4.74 Å². The first-order chi connectivity index (χ1) is 8.69. The minimum atomic E-state index is 0.669. The van der Waals surface area contributed by atoms with E-state index in [9.17, 15) is 0 Å². The van der Waals surface area contributed by atoms with Crippen LogP contribution in [0.1, 0.15) is 42.3 Å². The van der Waals surface area contributed by atoms with E-state index in [0.717, 1.165) is 32.0 Å². The molecule has 18 heavy (non-hydrogen) atoms. The number of hydrogen-bond donors (Lipinski definition) is 1. The Morgan fingerprint density at radius 2 is 2.22 bits per heavy atom. The molecule has 0 aliphatic heterocycles. The zero-order valence-corrected chi connectivity index (χ0v) is 12.5. The topological polar surface area (TPSA) is 34.1 Å². The highest BCUT2D eigenvalue weighted by Crippen LogP contribution is 2.24. The number of ether oxygens (including phenoxy) is 1. The Bertz CT molecular complexity index is 372. The van der Waals surface area contributed by atoms with Crippen LogP contribution in [-0.4, -0.2) is 24.7 Å². The van der Waals surface area contributed by atoms with Gasteiger partial charge >= 0.3 is 0 Å². The maximum atomic E-state index is 5.14. The molecule has 102 valence electrons. The van der Waals surface area contributed by atoms with Crippen LogP contribution in [0.3, 0.4) is 0 Å². The molecule has 1 aromatic heterocycles. The monoisotopic (exact) mass is 268 g/mol. The van der Waals surface area contributed by atoms with Gasteiger partial charge in [0.15, 0.2) is 0 Å². The van der Waals surface area contributed by atoms with E-state index in [1.807, 2.05) is 11.3 Å². The third kappa shape index (κ3) is 4.34. The summed E-state index contributed by atoms with van der Waals surface area (Å²) in [4.78, 5) is 6.22. The molecule has 0 aromatic carbocycles. The van der Waals surface area contributed by atoms with Gasteiger partial charge in [-0.15, -0.1) is 11.3 Å². The van der Waals surface area contributed by atoms with E-state index < -0.39 is 0 Å². The van der Waals surface area contributed by atoms with Crippen LogP contribution in [0.15, 0.2) is 0 Å². The molecule has 3 nitrogen and oxygen atoms in total. The van der Waals surface area contributed by atoms with Gasteiger partial charge in [-0.25, -0.2) is 4.98 Å². The summed E-state index contributed by atoms with van der Waals surface area (Å²) < 4.78 is 5.14. The zero-order chi connectivity index (χ0) is 13.0. The Labute approximate surface area is 114 Å². The van der Waals surface area contributed by atoms with Gasteiger partial charge in [-0.3, -0.25) is 0 Å². The predicted octanol–water partition coefficient (Wildman–Crippen LogP) is 2.78. The molecule has 1 aromatic rings. The number of nitrogens with one attached hydrogen (secondary N) is 1. The Kier molecular flexibility index (Phi) is 5.15. The molecule has 1 aliphatic carbocycles. The minimum Gasteiger partial charge on any atom is -0.384 e. The smallest absolute Gasteiger partial charge is 0.0954 e. The maximum absolute atomic E-state index is 5.14. The summed E-state index contributed by atoms with van der Waals surface area (Å²) in [6.45, 7) is 6.28. The second-order valence-corrected chi connectivity index (χ2v) is 6.64. The molecule has 0 unspecified atom stereocenters. The van der Waals surface area contributed by atoms with Gasteiger partial charge < -0.3 is 10.1 Å². The number of rotatable bonds is 8. The predicted molar refractivity (Wildman–Crippen MR) is 76.1 cm³/mol. The van der Waals surface area contributed by atoms with E-state index in [1.54, 1.807) is 7.11 Å². The number of nitrogens with zero attached hydrogens (tertiary/aromatic N) is 1. The Morgan fingerprint density at radius 1 is 1.44 bits per heavy atom. The first-order valence-electron chi connectivity index (χ1n) is 6.88. The number of methoxy groups -OCH3 is 1. The van der Waals surface area contributed by atoms with Crippen molar-refractivity contribution in [2.75, 3.05) is 13.7 Å². The summed E-state index contributed by atoms with van der Waals surface area (Å²) >= 11 is 1.86. The quantitative estimate of drug-likeness (QED) is 0.787. The number of hydrogen-bond acceptors (Lipinski definition) is 4. The third-order valence-corrected chi connectivity index (χ3v) is 4.23. The van der Waals surface area contributed by atoms with E-state index in [0.29, 0.717) is 5.92 Å². The van der Waals surface area contributed by atoms with Crippen molar-refractivity contribution in [1.82, 2.24) is 10.3 Å². The molecule has 0 spiro atoms. The van der Waals surface area contributed by atoms with Crippen molar-refractivity contribution in [2.45, 2.75) is 52.1 Å². The van der Waals surface area contributed by atoms with Crippen molar-refractivity contribution >= 4 is 11.3 Å². The van der Waals surface area contributed by atoms with E-state index >= 15 is 0 Å². The molecule has 2 rings (SSSR count). The molecule has 1 aliphatic rings. The van der Waals surface area contributed by atoms with Gasteiger partial charge in [0.05, 0.1) is 17.3 Å². The molecule has 0 bridgehead atoms. The highest BCUT2D eigenvalue weighted by Gasteiger charge is 2.21. The lowest BCUT2D eigenvalue weighted by Crippen LogP contribution is -2.15. The van der Waals surface area contributed by atoms with Crippen LogP contribution in [0.5, 0.6) is 0 Å². The Hall–Kier alpha value is -0.450. The molecule has 4 heteroatoms. The molecule has 0 amide bonds. The molecule has 0 radical (unpaired) electrons. The lowest BCUT2D eigenvalue weighted by atomic mass is 10.1. The van der Waals surface area contributed by atoms with Crippen LogP contribution in [0.25, 0.3) is 0 Å². The third-order valence-electron chi connectivity index (χ3n) is 3.07. The van der Waals surface area contributed by atoms with Gasteiger partial charge in [0.2, 0.25) is 0 Å². The average molecular weight is 268 g/mol. The fourth-order valence-corrected chi connectivity index (χ4v) is 2.97. The molecule has 1 heterocycles. The van der Waals surface area contributed by atoms with Gasteiger partial charge in [-0.1, -0.05) is 13.8 Å². The number of thiazole rings is 1. The average Bonchev–Trinajstić information content (AvgIpc) is 3.07. The number of aromatic nitrogens is 1.